The first-order chi connectivity index (χ1) is 6.20. The summed E-state index contributed by atoms with van der Waals surface area (Å²) in [5.41, 5.74) is 0.650. The molecule has 0 spiro atoms. The van der Waals surface area contributed by atoms with Crippen LogP contribution < -0.4 is 0 Å². The number of fused-ring (bicyclic) bond motifs is 1. The third-order valence-corrected chi connectivity index (χ3v) is 2.62. The van der Waals surface area contributed by atoms with Gasteiger partial charge in [-0.15, -0.1) is 0 Å². The van der Waals surface area contributed by atoms with E-state index in [0.717, 1.165) is 6.42 Å². The number of ether oxygens (including phenoxy) is 2. The summed E-state index contributed by atoms with van der Waals surface area (Å²) in [6.07, 6.45) is 0.918. The Labute approximate surface area is 75.5 Å². The second kappa shape index (κ2) is 3.08. The van der Waals surface area contributed by atoms with E-state index in [1.807, 2.05) is 0 Å². The molecule has 1 heterocycles. The molecule has 0 aromatic carbocycles. The van der Waals surface area contributed by atoms with Crippen molar-refractivity contribution in [2.45, 2.75) is 31.1 Å². The van der Waals surface area contributed by atoms with Crippen LogP contribution in [-0.4, -0.2) is 30.0 Å². The van der Waals surface area contributed by atoms with Gasteiger partial charge in [-0.25, -0.2) is 0 Å². The Morgan fingerprint density at radius 1 is 1.54 bits per heavy atom. The highest BCUT2D eigenvalue weighted by Crippen LogP contribution is 2.32. The first kappa shape index (κ1) is 8.65. The average molecular weight is 185 g/mol. The highest BCUT2D eigenvalue weighted by atomic mass is 16.7. The fourth-order valence-corrected chi connectivity index (χ4v) is 1.93. The van der Waals surface area contributed by atoms with Crippen LogP contribution in [0.5, 0.6) is 0 Å². The van der Waals surface area contributed by atoms with Gasteiger partial charge in [0.15, 0.2) is 6.10 Å². The van der Waals surface area contributed by atoms with Gasteiger partial charge in [-0.3, -0.25) is 10.1 Å². The Morgan fingerprint density at radius 3 is 3.00 bits per heavy atom. The van der Waals surface area contributed by atoms with Crippen molar-refractivity contribution in [1.82, 2.24) is 0 Å². The molecule has 1 saturated carbocycles. The molecule has 0 radical (unpaired) electrons. The Balaban J connectivity index is 2.20. The van der Waals surface area contributed by atoms with Crippen LogP contribution in [0.1, 0.15) is 12.8 Å². The van der Waals surface area contributed by atoms with Gasteiger partial charge < -0.3 is 9.47 Å². The van der Waals surface area contributed by atoms with E-state index in [4.69, 9.17) is 9.47 Å². The molecule has 5 nitrogen and oxygen atoms in total. The molecule has 2 rings (SSSR count). The van der Waals surface area contributed by atoms with Crippen LogP contribution in [-0.2, 0) is 9.47 Å². The Bertz CT molecular complexity index is 253. The summed E-state index contributed by atoms with van der Waals surface area (Å²) in [4.78, 5) is 10.4. The second-order valence-electron chi connectivity index (χ2n) is 3.38. The predicted octanol–water partition coefficient (Wildman–Crippen LogP) is 0.723. The molecule has 5 heteroatoms. The van der Waals surface area contributed by atoms with Crippen LogP contribution in [0.2, 0.25) is 0 Å². The lowest BCUT2D eigenvalue weighted by Crippen LogP contribution is -2.44. The zero-order valence-electron chi connectivity index (χ0n) is 7.14. The topological polar surface area (TPSA) is 61.6 Å². The Hall–Kier alpha value is -0.940. The number of nitro groups is 1. The van der Waals surface area contributed by atoms with Gasteiger partial charge >= 0.3 is 0 Å². The molecule has 2 aliphatic rings. The maximum Gasteiger partial charge on any atom is 0.262 e. The van der Waals surface area contributed by atoms with Crippen LogP contribution in [0.4, 0.5) is 0 Å². The monoisotopic (exact) mass is 185 g/mol. The zero-order valence-corrected chi connectivity index (χ0v) is 7.14. The minimum Gasteiger partial charge on any atom is -0.349 e. The van der Waals surface area contributed by atoms with E-state index < -0.39 is 12.1 Å². The van der Waals surface area contributed by atoms with Crippen molar-refractivity contribution in [3.8, 4) is 0 Å². The summed E-state index contributed by atoms with van der Waals surface area (Å²) in [5.74, 6) is 0. The molecule has 0 amide bonds. The zero-order chi connectivity index (χ0) is 9.42. The summed E-state index contributed by atoms with van der Waals surface area (Å²) in [6, 6.07) is -0.777. The van der Waals surface area contributed by atoms with E-state index in [2.05, 4.69) is 6.58 Å². The fraction of sp³-hybridized carbons (Fsp3) is 0.750. The van der Waals surface area contributed by atoms with Gasteiger partial charge in [-0.05, 0) is 18.4 Å². The molecule has 0 bridgehead atoms. The van der Waals surface area contributed by atoms with Crippen LogP contribution in [0.25, 0.3) is 0 Å². The first-order valence-electron chi connectivity index (χ1n) is 4.24. The third kappa shape index (κ3) is 1.34. The molecule has 0 aromatic rings. The van der Waals surface area contributed by atoms with Crippen LogP contribution >= 0.6 is 0 Å². The molecular formula is C8H11NO4. The lowest BCUT2D eigenvalue weighted by atomic mass is 9.87. The molecule has 1 aliphatic carbocycles. The molecule has 1 aliphatic heterocycles. The number of hydrogen-bond acceptors (Lipinski definition) is 4. The van der Waals surface area contributed by atoms with Crippen molar-refractivity contribution in [1.29, 1.82) is 0 Å². The summed E-state index contributed by atoms with van der Waals surface area (Å²) in [6.45, 7) is 3.87. The van der Waals surface area contributed by atoms with Crippen LogP contribution in [0.15, 0.2) is 12.2 Å². The Morgan fingerprint density at radius 2 is 2.31 bits per heavy atom. The Kier molecular flexibility index (Phi) is 2.05. The smallest absolute Gasteiger partial charge is 0.262 e. The summed E-state index contributed by atoms with van der Waals surface area (Å²) in [7, 11) is 0. The van der Waals surface area contributed by atoms with E-state index in [0.29, 0.717) is 12.0 Å². The summed E-state index contributed by atoms with van der Waals surface area (Å²) in [5, 5.41) is 10.7. The second-order valence-corrected chi connectivity index (χ2v) is 3.38. The van der Waals surface area contributed by atoms with Crippen molar-refractivity contribution in [3.63, 3.8) is 0 Å². The molecule has 72 valence electrons. The van der Waals surface area contributed by atoms with Crippen molar-refractivity contribution in [2.75, 3.05) is 6.79 Å². The molecule has 0 N–H and O–H groups in total. The normalized spacial score (nSPS) is 38.8. The van der Waals surface area contributed by atoms with E-state index >= 15 is 0 Å². The SMILES string of the molecule is C=C1CCC2OCOC2C1[N+](=O)[O-]. The van der Waals surface area contributed by atoms with Gasteiger partial charge in [0, 0.05) is 4.92 Å². The van der Waals surface area contributed by atoms with Gasteiger partial charge in [-0.1, -0.05) is 6.58 Å². The lowest BCUT2D eigenvalue weighted by molar-refractivity contribution is -0.526. The highest BCUT2D eigenvalue weighted by Gasteiger charge is 2.47. The van der Waals surface area contributed by atoms with Gasteiger partial charge in [0.25, 0.3) is 6.04 Å². The quantitative estimate of drug-likeness (QED) is 0.343. The van der Waals surface area contributed by atoms with E-state index in [1.165, 1.54) is 0 Å². The van der Waals surface area contributed by atoms with Crippen molar-refractivity contribution >= 4 is 0 Å². The molecule has 1 saturated heterocycles. The number of nitrogens with zero attached hydrogens (tertiary/aromatic N) is 1. The minimum absolute atomic E-state index is 0.110. The maximum absolute atomic E-state index is 10.7. The predicted molar refractivity (Wildman–Crippen MR) is 43.8 cm³/mol. The minimum atomic E-state index is -0.777. The lowest BCUT2D eigenvalue weighted by Gasteiger charge is -2.26. The van der Waals surface area contributed by atoms with Gasteiger partial charge in [-0.2, -0.15) is 0 Å². The molecule has 3 atom stereocenters. The van der Waals surface area contributed by atoms with Crippen molar-refractivity contribution in [2.24, 2.45) is 0 Å². The summed E-state index contributed by atoms with van der Waals surface area (Å²) >= 11 is 0. The van der Waals surface area contributed by atoms with Crippen molar-refractivity contribution < 1.29 is 14.4 Å². The standard InChI is InChI=1S/C8H11NO4/c1-5-2-3-6-8(13-4-12-6)7(5)9(10)11/h6-8H,1-4H2. The highest BCUT2D eigenvalue weighted by molar-refractivity contribution is 5.11. The third-order valence-electron chi connectivity index (χ3n) is 2.62. The van der Waals surface area contributed by atoms with E-state index in [9.17, 15) is 10.1 Å². The fourth-order valence-electron chi connectivity index (χ4n) is 1.93. The van der Waals surface area contributed by atoms with E-state index in [1.54, 1.807) is 0 Å². The molecular weight excluding hydrogens is 174 g/mol. The molecule has 0 aromatic heterocycles. The largest absolute Gasteiger partial charge is 0.349 e. The van der Waals surface area contributed by atoms with Gasteiger partial charge in [0.1, 0.15) is 6.79 Å². The van der Waals surface area contributed by atoms with Gasteiger partial charge in [0.05, 0.1) is 6.10 Å². The van der Waals surface area contributed by atoms with Crippen LogP contribution in [0.3, 0.4) is 0 Å². The van der Waals surface area contributed by atoms with E-state index in [-0.39, 0.29) is 17.8 Å². The van der Waals surface area contributed by atoms with Crippen molar-refractivity contribution in [3.05, 3.63) is 22.3 Å². The number of rotatable bonds is 1. The average Bonchev–Trinajstić information content (AvgIpc) is 2.50. The maximum atomic E-state index is 10.7. The first-order valence-corrected chi connectivity index (χ1v) is 4.24. The molecule has 3 unspecified atom stereocenters. The van der Waals surface area contributed by atoms with Gasteiger partial charge in [0.2, 0.25) is 0 Å². The summed E-state index contributed by atoms with van der Waals surface area (Å²) < 4.78 is 10.4. The number of hydrogen-bond donors (Lipinski definition) is 0. The van der Waals surface area contributed by atoms with Crippen LogP contribution in [0, 0.1) is 10.1 Å². The molecule has 13 heavy (non-hydrogen) atoms. The molecule has 2 fully saturated rings.